The van der Waals surface area contributed by atoms with Crippen molar-refractivity contribution < 1.29 is 9.18 Å². The van der Waals surface area contributed by atoms with Crippen LogP contribution in [0, 0.1) is 17.7 Å². The second kappa shape index (κ2) is 12.7. The molecule has 0 radical (unpaired) electrons. The monoisotopic (exact) mass is 488 g/mol. The summed E-state index contributed by atoms with van der Waals surface area (Å²) in [5.41, 5.74) is 1.90. The molecular formula is C30H37FN4O. The van der Waals surface area contributed by atoms with Crippen molar-refractivity contribution in [2.24, 2.45) is 4.99 Å². The van der Waals surface area contributed by atoms with E-state index in [9.17, 15) is 9.18 Å². The predicted molar refractivity (Wildman–Crippen MR) is 145 cm³/mol. The van der Waals surface area contributed by atoms with E-state index in [1.54, 1.807) is 23.4 Å². The number of likely N-dealkylation sites (tertiary alicyclic amines) is 2. The molecule has 0 N–H and O–H groups in total. The SMILES string of the molecule is CC#CCN1CC[C@@H](N(C(=O)/N=C/N2CCCC2CCc2ccccc2)c2cccc(F)c2)C[C@@H]1C. The minimum Gasteiger partial charge on any atom is -0.359 e. The van der Waals surface area contributed by atoms with E-state index in [1.165, 1.54) is 17.7 Å². The molecule has 190 valence electrons. The van der Waals surface area contributed by atoms with Gasteiger partial charge in [-0.05, 0) is 76.1 Å². The van der Waals surface area contributed by atoms with Crippen molar-refractivity contribution in [3.63, 3.8) is 0 Å². The molecular weight excluding hydrogens is 451 g/mol. The summed E-state index contributed by atoms with van der Waals surface area (Å²) in [4.78, 5) is 24.2. The van der Waals surface area contributed by atoms with Crippen molar-refractivity contribution in [1.29, 1.82) is 0 Å². The minimum absolute atomic E-state index is 0.0373. The second-order valence-electron chi connectivity index (χ2n) is 9.86. The van der Waals surface area contributed by atoms with Crippen molar-refractivity contribution in [2.75, 3.05) is 24.5 Å². The van der Waals surface area contributed by atoms with Gasteiger partial charge in [0.1, 0.15) is 5.82 Å². The molecule has 0 saturated carbocycles. The highest BCUT2D eigenvalue weighted by molar-refractivity contribution is 5.97. The third-order valence-electron chi connectivity index (χ3n) is 7.45. The van der Waals surface area contributed by atoms with E-state index < -0.39 is 0 Å². The van der Waals surface area contributed by atoms with Gasteiger partial charge in [0, 0.05) is 36.9 Å². The van der Waals surface area contributed by atoms with Gasteiger partial charge < -0.3 is 4.90 Å². The average molecular weight is 489 g/mol. The maximum Gasteiger partial charge on any atom is 0.349 e. The third kappa shape index (κ3) is 6.73. The van der Waals surface area contributed by atoms with Crippen LogP contribution in [0.2, 0.25) is 0 Å². The molecule has 0 spiro atoms. The lowest BCUT2D eigenvalue weighted by Crippen LogP contribution is -2.50. The summed E-state index contributed by atoms with van der Waals surface area (Å²) in [5.74, 6) is 5.76. The number of urea groups is 1. The van der Waals surface area contributed by atoms with E-state index in [0.29, 0.717) is 11.7 Å². The van der Waals surface area contributed by atoms with Gasteiger partial charge in [-0.15, -0.1) is 5.92 Å². The Bertz CT molecular complexity index is 1090. The first-order valence-corrected chi connectivity index (χ1v) is 13.1. The lowest BCUT2D eigenvalue weighted by Gasteiger charge is -2.41. The fourth-order valence-electron chi connectivity index (χ4n) is 5.43. The van der Waals surface area contributed by atoms with E-state index in [0.717, 1.165) is 58.2 Å². The van der Waals surface area contributed by atoms with Crippen LogP contribution in [0.25, 0.3) is 0 Å². The van der Waals surface area contributed by atoms with Crippen molar-refractivity contribution in [2.45, 2.75) is 70.5 Å². The second-order valence-corrected chi connectivity index (χ2v) is 9.86. The summed E-state index contributed by atoms with van der Waals surface area (Å²) in [6.45, 7) is 6.51. The van der Waals surface area contributed by atoms with Gasteiger partial charge >= 0.3 is 6.03 Å². The first kappa shape index (κ1) is 25.9. The Kier molecular flexibility index (Phi) is 9.13. The number of carbonyl (C=O) groups excluding carboxylic acids is 1. The highest BCUT2D eigenvalue weighted by Crippen LogP contribution is 2.28. The van der Waals surface area contributed by atoms with Crippen LogP contribution in [0.3, 0.4) is 0 Å². The van der Waals surface area contributed by atoms with E-state index in [2.05, 4.69) is 57.8 Å². The van der Waals surface area contributed by atoms with Gasteiger partial charge in [-0.3, -0.25) is 9.80 Å². The molecule has 2 heterocycles. The number of hydrogen-bond acceptors (Lipinski definition) is 2. The van der Waals surface area contributed by atoms with Crippen LogP contribution >= 0.6 is 0 Å². The molecule has 36 heavy (non-hydrogen) atoms. The van der Waals surface area contributed by atoms with E-state index in [4.69, 9.17) is 0 Å². The molecule has 5 nitrogen and oxygen atoms in total. The number of carbonyl (C=O) groups is 1. The van der Waals surface area contributed by atoms with Gasteiger partial charge in [0.15, 0.2) is 0 Å². The molecule has 0 aromatic heterocycles. The van der Waals surface area contributed by atoms with E-state index in [-0.39, 0.29) is 23.9 Å². The Morgan fingerprint density at radius 3 is 2.75 bits per heavy atom. The Balaban J connectivity index is 1.46. The van der Waals surface area contributed by atoms with Gasteiger partial charge in [-0.25, -0.2) is 9.18 Å². The number of benzene rings is 2. The molecule has 2 aliphatic heterocycles. The number of aryl methyl sites for hydroxylation is 1. The molecule has 2 fully saturated rings. The number of amides is 2. The fourth-order valence-corrected chi connectivity index (χ4v) is 5.43. The van der Waals surface area contributed by atoms with Crippen LogP contribution in [-0.2, 0) is 6.42 Å². The molecule has 2 aliphatic rings. The minimum atomic E-state index is -0.349. The molecule has 4 rings (SSSR count). The maximum absolute atomic E-state index is 14.1. The zero-order valence-corrected chi connectivity index (χ0v) is 21.4. The highest BCUT2D eigenvalue weighted by Gasteiger charge is 2.33. The molecule has 2 saturated heterocycles. The van der Waals surface area contributed by atoms with Crippen molar-refractivity contribution >= 4 is 18.1 Å². The first-order valence-electron chi connectivity index (χ1n) is 13.1. The average Bonchev–Trinajstić information content (AvgIpc) is 3.34. The largest absolute Gasteiger partial charge is 0.359 e. The Labute approximate surface area is 215 Å². The molecule has 0 bridgehead atoms. The molecule has 2 amide bonds. The van der Waals surface area contributed by atoms with Crippen LogP contribution in [0.1, 0.15) is 51.5 Å². The number of nitrogens with zero attached hydrogens (tertiary/aromatic N) is 4. The Morgan fingerprint density at radius 2 is 2.00 bits per heavy atom. The molecule has 0 aliphatic carbocycles. The van der Waals surface area contributed by atoms with Crippen LogP contribution in [0.4, 0.5) is 14.9 Å². The molecule has 2 aromatic carbocycles. The predicted octanol–water partition coefficient (Wildman–Crippen LogP) is 5.75. The zero-order chi connectivity index (χ0) is 25.3. The van der Waals surface area contributed by atoms with Crippen molar-refractivity contribution in [3.05, 3.63) is 66.0 Å². The zero-order valence-electron chi connectivity index (χ0n) is 21.4. The number of aliphatic imine (C=N–C) groups is 1. The van der Waals surface area contributed by atoms with E-state index in [1.807, 2.05) is 13.0 Å². The van der Waals surface area contributed by atoms with Gasteiger partial charge in [0.05, 0.1) is 12.9 Å². The molecule has 2 aromatic rings. The topological polar surface area (TPSA) is 39.1 Å². The van der Waals surface area contributed by atoms with Crippen molar-refractivity contribution in [1.82, 2.24) is 9.80 Å². The van der Waals surface area contributed by atoms with Crippen LogP contribution in [0.15, 0.2) is 59.6 Å². The fraction of sp³-hybridized carbons (Fsp3) is 0.467. The number of piperidine rings is 1. The summed E-state index contributed by atoms with van der Waals surface area (Å²) in [5, 5.41) is 0. The first-order chi connectivity index (χ1) is 17.5. The normalized spacial score (nSPS) is 22.4. The molecule has 1 unspecified atom stereocenters. The maximum atomic E-state index is 14.1. The molecule has 3 atom stereocenters. The van der Waals surface area contributed by atoms with Gasteiger partial charge in [0.2, 0.25) is 0 Å². The van der Waals surface area contributed by atoms with Gasteiger partial charge in [-0.1, -0.05) is 42.3 Å². The van der Waals surface area contributed by atoms with Crippen LogP contribution in [-0.4, -0.2) is 59.9 Å². The lowest BCUT2D eigenvalue weighted by atomic mass is 9.96. The lowest BCUT2D eigenvalue weighted by molar-refractivity contribution is 0.163. The third-order valence-corrected chi connectivity index (χ3v) is 7.45. The highest BCUT2D eigenvalue weighted by atomic mass is 19.1. The standard InChI is InChI=1S/C30H37FN4O/c1-3-4-18-33-20-17-29(21-24(33)2)35(28-13-8-12-26(31)22-28)30(36)32-23-34-19-9-14-27(34)16-15-25-10-6-5-7-11-25/h5-8,10-13,22-24,27,29H,9,14-21H2,1-2H3/b32-23+/t24-,27?,29+/m0/s1. The number of anilines is 1. The quantitative estimate of drug-likeness (QED) is 0.283. The molecule has 6 heteroatoms. The number of rotatable bonds is 7. The van der Waals surface area contributed by atoms with E-state index >= 15 is 0 Å². The number of hydrogen-bond donors (Lipinski definition) is 0. The smallest absolute Gasteiger partial charge is 0.349 e. The summed E-state index contributed by atoms with van der Waals surface area (Å²) in [6, 6.07) is 17.1. The summed E-state index contributed by atoms with van der Waals surface area (Å²) < 4.78 is 14.1. The summed E-state index contributed by atoms with van der Waals surface area (Å²) >= 11 is 0. The van der Waals surface area contributed by atoms with Crippen LogP contribution < -0.4 is 4.90 Å². The Hall–Kier alpha value is -3.17. The van der Waals surface area contributed by atoms with Crippen molar-refractivity contribution in [3.8, 4) is 11.8 Å². The van der Waals surface area contributed by atoms with Gasteiger partial charge in [0.25, 0.3) is 0 Å². The van der Waals surface area contributed by atoms with Gasteiger partial charge in [-0.2, -0.15) is 4.99 Å². The van der Waals surface area contributed by atoms with Crippen LogP contribution in [0.5, 0.6) is 0 Å². The number of halogens is 1. The summed E-state index contributed by atoms with van der Waals surface area (Å²) in [6.07, 6.45) is 7.59. The summed E-state index contributed by atoms with van der Waals surface area (Å²) in [7, 11) is 0. The Morgan fingerprint density at radius 1 is 1.17 bits per heavy atom.